The van der Waals surface area contributed by atoms with Crippen LogP contribution in [-0.2, 0) is 4.79 Å². The number of carbonyl (C=O) groups excluding carboxylic acids is 1. The Morgan fingerprint density at radius 1 is 1.03 bits per heavy atom. The SMILES string of the molecule is CCN(CC)CCN(C(=O)CCCSc1ccc(OC)cc1)c1nc2c(OC)ccc(C)c2s1.Cl. The van der Waals surface area contributed by atoms with E-state index >= 15 is 0 Å². The first-order chi connectivity index (χ1) is 16.5. The molecule has 6 nitrogen and oxygen atoms in total. The maximum absolute atomic E-state index is 13.4. The zero-order chi connectivity index (χ0) is 24.5. The van der Waals surface area contributed by atoms with Gasteiger partial charge in [0, 0.05) is 24.4 Å². The monoisotopic (exact) mass is 537 g/mol. The standard InChI is InChI=1S/C26H35N3O3S2.ClH/c1-6-28(7-2)16-17-29(26-27-24-22(32-5)15-10-19(3)25(24)34-26)23(30)9-8-18-33-21-13-11-20(31-4)12-14-21;/h10-15H,6-9,16-18H2,1-5H3;1H. The lowest BCUT2D eigenvalue weighted by molar-refractivity contribution is -0.118. The molecule has 0 aliphatic carbocycles. The lowest BCUT2D eigenvalue weighted by atomic mass is 10.2. The van der Waals surface area contributed by atoms with Crippen LogP contribution in [0.3, 0.4) is 0 Å². The second-order valence-electron chi connectivity index (χ2n) is 7.96. The molecule has 0 saturated carbocycles. The highest BCUT2D eigenvalue weighted by Crippen LogP contribution is 2.36. The number of aromatic nitrogens is 1. The Morgan fingerprint density at radius 2 is 1.74 bits per heavy atom. The fraction of sp³-hybridized carbons (Fsp3) is 0.462. The first-order valence-corrected chi connectivity index (χ1v) is 13.5. The van der Waals surface area contributed by atoms with Crippen LogP contribution in [0.4, 0.5) is 5.13 Å². The normalized spacial score (nSPS) is 10.9. The molecule has 2 aromatic carbocycles. The van der Waals surface area contributed by atoms with Gasteiger partial charge >= 0.3 is 0 Å². The van der Waals surface area contributed by atoms with E-state index in [-0.39, 0.29) is 18.3 Å². The van der Waals surface area contributed by atoms with Gasteiger partial charge in [0.2, 0.25) is 5.91 Å². The van der Waals surface area contributed by atoms with Gasteiger partial charge in [-0.3, -0.25) is 9.69 Å². The molecule has 3 aromatic rings. The molecule has 0 atom stereocenters. The van der Waals surface area contributed by atoms with Crippen LogP contribution in [0.1, 0.15) is 32.3 Å². The van der Waals surface area contributed by atoms with Crippen molar-refractivity contribution in [3.05, 3.63) is 42.0 Å². The van der Waals surface area contributed by atoms with Crippen LogP contribution in [-0.4, -0.2) is 61.9 Å². The molecule has 0 spiro atoms. The van der Waals surface area contributed by atoms with Gasteiger partial charge in [-0.1, -0.05) is 31.3 Å². The van der Waals surface area contributed by atoms with Crippen LogP contribution in [0.5, 0.6) is 11.5 Å². The fourth-order valence-corrected chi connectivity index (χ4v) is 5.65. The Labute approximate surface area is 223 Å². The average Bonchev–Trinajstić information content (AvgIpc) is 3.31. The molecule has 0 fully saturated rings. The van der Waals surface area contributed by atoms with E-state index < -0.39 is 0 Å². The molecule has 35 heavy (non-hydrogen) atoms. The van der Waals surface area contributed by atoms with Gasteiger partial charge in [-0.25, -0.2) is 4.98 Å². The third kappa shape index (κ3) is 7.74. The Morgan fingerprint density at radius 3 is 2.37 bits per heavy atom. The van der Waals surface area contributed by atoms with Crippen molar-refractivity contribution in [3.63, 3.8) is 0 Å². The minimum absolute atomic E-state index is 0. The summed E-state index contributed by atoms with van der Waals surface area (Å²) in [5.74, 6) is 2.61. The summed E-state index contributed by atoms with van der Waals surface area (Å²) in [6, 6.07) is 12.0. The van der Waals surface area contributed by atoms with Gasteiger partial charge in [0.15, 0.2) is 5.13 Å². The maximum atomic E-state index is 13.4. The summed E-state index contributed by atoms with van der Waals surface area (Å²) in [7, 11) is 3.33. The van der Waals surface area contributed by atoms with Crippen molar-refractivity contribution in [2.45, 2.75) is 38.5 Å². The lowest BCUT2D eigenvalue weighted by Crippen LogP contribution is -2.38. The number of rotatable bonds is 13. The average molecular weight is 538 g/mol. The van der Waals surface area contributed by atoms with E-state index in [0.717, 1.165) is 64.2 Å². The number of methoxy groups -OCH3 is 2. The van der Waals surface area contributed by atoms with E-state index in [0.29, 0.717) is 13.0 Å². The van der Waals surface area contributed by atoms with Crippen LogP contribution in [0.15, 0.2) is 41.3 Å². The molecule has 0 bridgehead atoms. The van der Waals surface area contributed by atoms with Crippen molar-refractivity contribution >= 4 is 56.8 Å². The van der Waals surface area contributed by atoms with Crippen LogP contribution < -0.4 is 14.4 Å². The zero-order valence-electron chi connectivity index (χ0n) is 21.2. The lowest BCUT2D eigenvalue weighted by Gasteiger charge is -2.24. The van der Waals surface area contributed by atoms with Crippen LogP contribution >= 0.6 is 35.5 Å². The molecular weight excluding hydrogens is 502 g/mol. The van der Waals surface area contributed by atoms with Crippen molar-refractivity contribution in [2.75, 3.05) is 51.1 Å². The van der Waals surface area contributed by atoms with E-state index in [1.165, 1.54) is 4.90 Å². The Bertz CT molecular complexity index is 1070. The highest BCUT2D eigenvalue weighted by Gasteiger charge is 2.22. The highest BCUT2D eigenvalue weighted by atomic mass is 35.5. The van der Waals surface area contributed by atoms with Gasteiger partial charge in [0.1, 0.15) is 17.0 Å². The molecule has 0 N–H and O–H groups in total. The van der Waals surface area contributed by atoms with E-state index in [4.69, 9.17) is 14.5 Å². The van der Waals surface area contributed by atoms with Crippen molar-refractivity contribution in [3.8, 4) is 11.5 Å². The maximum Gasteiger partial charge on any atom is 0.228 e. The third-order valence-electron chi connectivity index (χ3n) is 5.84. The van der Waals surface area contributed by atoms with Crippen molar-refractivity contribution in [2.24, 2.45) is 0 Å². The Kier molecular flexibility index (Phi) is 12.1. The molecular formula is C26H36ClN3O3S2. The first-order valence-electron chi connectivity index (χ1n) is 11.7. The van der Waals surface area contributed by atoms with Crippen molar-refractivity contribution < 1.29 is 14.3 Å². The molecule has 0 aliphatic rings. The molecule has 1 aromatic heterocycles. The van der Waals surface area contributed by atoms with Crippen LogP contribution in [0, 0.1) is 6.92 Å². The summed E-state index contributed by atoms with van der Waals surface area (Å²) in [5.41, 5.74) is 1.98. The fourth-order valence-electron chi connectivity index (χ4n) is 3.71. The van der Waals surface area contributed by atoms with Crippen molar-refractivity contribution in [1.29, 1.82) is 0 Å². The van der Waals surface area contributed by atoms with Crippen LogP contribution in [0.2, 0.25) is 0 Å². The van der Waals surface area contributed by atoms with Gasteiger partial charge in [-0.15, -0.1) is 24.2 Å². The van der Waals surface area contributed by atoms with E-state index in [2.05, 4.69) is 37.8 Å². The van der Waals surface area contributed by atoms with E-state index in [9.17, 15) is 4.79 Å². The van der Waals surface area contributed by atoms with Crippen molar-refractivity contribution in [1.82, 2.24) is 9.88 Å². The number of carbonyl (C=O) groups is 1. The van der Waals surface area contributed by atoms with Crippen LogP contribution in [0.25, 0.3) is 10.2 Å². The van der Waals surface area contributed by atoms with Gasteiger partial charge in [-0.05, 0) is 68.1 Å². The number of hydrogen-bond donors (Lipinski definition) is 0. The molecule has 192 valence electrons. The number of likely N-dealkylation sites (N-methyl/N-ethyl adjacent to an activating group) is 1. The third-order valence-corrected chi connectivity index (χ3v) is 8.15. The number of thioether (sulfide) groups is 1. The molecule has 0 aliphatic heterocycles. The summed E-state index contributed by atoms with van der Waals surface area (Å²) in [4.78, 5) is 23.6. The molecule has 1 heterocycles. The molecule has 9 heteroatoms. The highest BCUT2D eigenvalue weighted by molar-refractivity contribution is 7.99. The number of aryl methyl sites for hydroxylation is 1. The summed E-state index contributed by atoms with van der Waals surface area (Å²) in [5, 5.41) is 0.752. The number of halogens is 1. The molecule has 3 rings (SSSR count). The van der Waals surface area contributed by atoms with Gasteiger partial charge in [0.05, 0.1) is 18.9 Å². The zero-order valence-corrected chi connectivity index (χ0v) is 23.7. The summed E-state index contributed by atoms with van der Waals surface area (Å²) >= 11 is 3.34. The van der Waals surface area contributed by atoms with Gasteiger partial charge in [-0.2, -0.15) is 0 Å². The van der Waals surface area contributed by atoms with Gasteiger partial charge < -0.3 is 14.4 Å². The van der Waals surface area contributed by atoms with Gasteiger partial charge in [0.25, 0.3) is 0 Å². The molecule has 0 saturated heterocycles. The largest absolute Gasteiger partial charge is 0.497 e. The number of hydrogen-bond acceptors (Lipinski definition) is 7. The second-order valence-corrected chi connectivity index (χ2v) is 10.1. The summed E-state index contributed by atoms with van der Waals surface area (Å²) < 4.78 is 11.8. The molecule has 1 amide bonds. The number of fused-ring (bicyclic) bond motifs is 1. The van der Waals surface area contributed by atoms with E-state index in [1.807, 2.05) is 29.2 Å². The predicted molar refractivity (Wildman–Crippen MR) is 151 cm³/mol. The molecule has 0 radical (unpaired) electrons. The summed E-state index contributed by atoms with van der Waals surface area (Å²) in [6.07, 6.45) is 1.30. The number of benzene rings is 2. The topological polar surface area (TPSA) is 54.9 Å². The number of thiazole rings is 1. The Balaban J connectivity index is 0.00000432. The number of ether oxygens (including phenoxy) is 2. The Hall–Kier alpha value is -2.00. The second kappa shape index (κ2) is 14.5. The van der Waals surface area contributed by atoms with E-state index in [1.54, 1.807) is 37.3 Å². The first kappa shape index (κ1) is 29.2. The smallest absolute Gasteiger partial charge is 0.228 e. The minimum Gasteiger partial charge on any atom is -0.497 e. The number of amides is 1. The quantitative estimate of drug-likeness (QED) is 0.189. The summed E-state index contributed by atoms with van der Waals surface area (Å²) in [6.45, 7) is 9.75. The number of nitrogens with zero attached hydrogens (tertiary/aromatic N) is 3. The number of anilines is 1. The predicted octanol–water partition coefficient (Wildman–Crippen LogP) is 6.29. The molecule has 0 unspecified atom stereocenters. The minimum atomic E-state index is 0.